The maximum absolute atomic E-state index is 11.4. The SMILES string of the molecule is CC(C)(C)CCOC(=O)NCc1ccc(O)cc1. The molecule has 1 rings (SSSR count). The molecule has 1 aromatic carbocycles. The molecule has 0 aliphatic carbocycles. The summed E-state index contributed by atoms with van der Waals surface area (Å²) in [5.41, 5.74) is 1.08. The van der Waals surface area contributed by atoms with Gasteiger partial charge in [-0.25, -0.2) is 4.79 Å². The van der Waals surface area contributed by atoms with Gasteiger partial charge in [0.15, 0.2) is 0 Å². The van der Waals surface area contributed by atoms with Crippen molar-refractivity contribution in [3.63, 3.8) is 0 Å². The van der Waals surface area contributed by atoms with Gasteiger partial charge < -0.3 is 15.2 Å². The lowest BCUT2D eigenvalue weighted by Crippen LogP contribution is -2.25. The summed E-state index contributed by atoms with van der Waals surface area (Å²) in [6, 6.07) is 6.68. The highest BCUT2D eigenvalue weighted by molar-refractivity contribution is 5.67. The zero-order chi connectivity index (χ0) is 13.6. The molecule has 0 unspecified atom stereocenters. The average Bonchev–Trinajstić information content (AvgIpc) is 2.26. The second-order valence-corrected chi connectivity index (χ2v) is 5.47. The van der Waals surface area contributed by atoms with Gasteiger partial charge in [0.05, 0.1) is 6.61 Å². The van der Waals surface area contributed by atoms with Gasteiger partial charge in [-0.2, -0.15) is 0 Å². The van der Waals surface area contributed by atoms with E-state index in [1.54, 1.807) is 24.3 Å². The molecule has 4 nitrogen and oxygen atoms in total. The van der Waals surface area contributed by atoms with E-state index < -0.39 is 6.09 Å². The van der Waals surface area contributed by atoms with Gasteiger partial charge in [-0.05, 0) is 29.5 Å². The zero-order valence-corrected chi connectivity index (χ0v) is 11.2. The van der Waals surface area contributed by atoms with E-state index in [1.807, 2.05) is 0 Å². The maximum atomic E-state index is 11.4. The normalized spacial score (nSPS) is 11.1. The Morgan fingerprint density at radius 3 is 2.44 bits per heavy atom. The van der Waals surface area contributed by atoms with Crippen LogP contribution in [0.1, 0.15) is 32.8 Å². The number of carbonyl (C=O) groups excluding carboxylic acids is 1. The predicted octanol–water partition coefficient (Wildman–Crippen LogP) is 3.05. The van der Waals surface area contributed by atoms with Crippen molar-refractivity contribution in [1.82, 2.24) is 5.32 Å². The van der Waals surface area contributed by atoms with E-state index in [0.29, 0.717) is 13.2 Å². The van der Waals surface area contributed by atoms with E-state index in [4.69, 9.17) is 9.84 Å². The number of hydrogen-bond donors (Lipinski definition) is 2. The number of nitrogens with one attached hydrogen (secondary N) is 1. The van der Waals surface area contributed by atoms with Gasteiger partial charge in [0, 0.05) is 6.54 Å². The number of phenols is 1. The van der Waals surface area contributed by atoms with Gasteiger partial charge in [-0.3, -0.25) is 0 Å². The van der Waals surface area contributed by atoms with E-state index in [9.17, 15) is 4.79 Å². The molecule has 0 aliphatic heterocycles. The largest absolute Gasteiger partial charge is 0.508 e. The van der Waals surface area contributed by atoms with Crippen LogP contribution in [-0.4, -0.2) is 17.8 Å². The molecule has 0 atom stereocenters. The minimum absolute atomic E-state index is 0.164. The highest BCUT2D eigenvalue weighted by atomic mass is 16.5. The molecule has 18 heavy (non-hydrogen) atoms. The van der Waals surface area contributed by atoms with Gasteiger partial charge in [-0.1, -0.05) is 32.9 Å². The number of phenolic OH excluding ortho intramolecular Hbond substituents is 1. The van der Waals surface area contributed by atoms with Crippen LogP contribution in [0, 0.1) is 5.41 Å². The minimum Gasteiger partial charge on any atom is -0.508 e. The number of aromatic hydroxyl groups is 1. The van der Waals surface area contributed by atoms with Gasteiger partial charge in [0.2, 0.25) is 0 Å². The molecule has 0 radical (unpaired) electrons. The minimum atomic E-state index is -0.410. The summed E-state index contributed by atoms with van der Waals surface area (Å²) in [7, 11) is 0. The Balaban J connectivity index is 2.23. The van der Waals surface area contributed by atoms with Crippen LogP contribution < -0.4 is 5.32 Å². The summed E-state index contributed by atoms with van der Waals surface area (Å²) in [5.74, 6) is 0.214. The fourth-order valence-electron chi connectivity index (χ4n) is 1.29. The zero-order valence-electron chi connectivity index (χ0n) is 11.2. The van der Waals surface area contributed by atoms with Crippen molar-refractivity contribution in [2.75, 3.05) is 6.61 Å². The second kappa shape index (κ2) is 6.28. The number of rotatable bonds is 4. The van der Waals surface area contributed by atoms with Crippen molar-refractivity contribution < 1.29 is 14.6 Å². The van der Waals surface area contributed by atoms with Crippen LogP contribution in [-0.2, 0) is 11.3 Å². The van der Waals surface area contributed by atoms with Crippen LogP contribution >= 0.6 is 0 Å². The first-order valence-corrected chi connectivity index (χ1v) is 6.05. The van der Waals surface area contributed by atoms with Gasteiger partial charge >= 0.3 is 6.09 Å². The molecular weight excluding hydrogens is 230 g/mol. The molecule has 0 heterocycles. The molecule has 1 aromatic rings. The van der Waals surface area contributed by atoms with Crippen molar-refractivity contribution in [2.45, 2.75) is 33.7 Å². The Hall–Kier alpha value is -1.71. The number of hydrogen-bond acceptors (Lipinski definition) is 3. The van der Waals surface area contributed by atoms with Crippen molar-refractivity contribution >= 4 is 6.09 Å². The Bertz CT molecular complexity index is 379. The third-order valence-electron chi connectivity index (χ3n) is 2.46. The van der Waals surface area contributed by atoms with Crippen LogP contribution in [0.2, 0.25) is 0 Å². The summed E-state index contributed by atoms with van der Waals surface area (Å²) in [5, 5.41) is 11.8. The van der Waals surface area contributed by atoms with Crippen molar-refractivity contribution in [3.05, 3.63) is 29.8 Å². The highest BCUT2D eigenvalue weighted by Gasteiger charge is 2.11. The molecule has 0 spiro atoms. The van der Waals surface area contributed by atoms with Crippen molar-refractivity contribution in [3.8, 4) is 5.75 Å². The second-order valence-electron chi connectivity index (χ2n) is 5.47. The van der Waals surface area contributed by atoms with Gasteiger partial charge in [-0.15, -0.1) is 0 Å². The quantitative estimate of drug-likeness (QED) is 0.864. The maximum Gasteiger partial charge on any atom is 0.407 e. The Kier molecular flexibility index (Phi) is 5.01. The number of amides is 1. The number of carbonyl (C=O) groups is 1. The number of alkyl carbamates (subject to hydrolysis) is 1. The van der Waals surface area contributed by atoms with Crippen LogP contribution in [0.4, 0.5) is 4.79 Å². The fraction of sp³-hybridized carbons (Fsp3) is 0.500. The van der Waals surface area contributed by atoms with Gasteiger partial charge in [0.1, 0.15) is 5.75 Å². The smallest absolute Gasteiger partial charge is 0.407 e. The third-order valence-corrected chi connectivity index (χ3v) is 2.46. The third kappa shape index (κ3) is 6.13. The molecule has 0 aliphatic rings. The van der Waals surface area contributed by atoms with E-state index in [2.05, 4.69) is 26.1 Å². The first-order chi connectivity index (χ1) is 8.37. The van der Waals surface area contributed by atoms with Crippen LogP contribution in [0.25, 0.3) is 0 Å². The summed E-state index contributed by atoms with van der Waals surface area (Å²) >= 11 is 0. The van der Waals surface area contributed by atoms with E-state index in [1.165, 1.54) is 0 Å². The predicted molar refractivity (Wildman–Crippen MR) is 70.4 cm³/mol. The Morgan fingerprint density at radius 1 is 1.28 bits per heavy atom. The first kappa shape index (κ1) is 14.4. The number of ether oxygens (including phenoxy) is 1. The monoisotopic (exact) mass is 251 g/mol. The first-order valence-electron chi connectivity index (χ1n) is 6.05. The Labute approximate surface area is 108 Å². The molecule has 1 amide bonds. The molecule has 0 aromatic heterocycles. The number of benzene rings is 1. The van der Waals surface area contributed by atoms with Gasteiger partial charge in [0.25, 0.3) is 0 Å². The van der Waals surface area contributed by atoms with E-state index >= 15 is 0 Å². The lowest BCUT2D eigenvalue weighted by Gasteiger charge is -2.17. The van der Waals surface area contributed by atoms with E-state index in [-0.39, 0.29) is 11.2 Å². The molecule has 100 valence electrons. The average molecular weight is 251 g/mol. The Morgan fingerprint density at radius 2 is 1.89 bits per heavy atom. The fourth-order valence-corrected chi connectivity index (χ4v) is 1.29. The van der Waals surface area contributed by atoms with Crippen molar-refractivity contribution in [2.24, 2.45) is 5.41 Å². The van der Waals surface area contributed by atoms with Crippen LogP contribution in [0.3, 0.4) is 0 Å². The molecule has 4 heteroatoms. The highest BCUT2D eigenvalue weighted by Crippen LogP contribution is 2.17. The standard InChI is InChI=1S/C14H21NO3/c1-14(2,3)8-9-18-13(17)15-10-11-4-6-12(16)7-5-11/h4-7,16H,8-10H2,1-3H3,(H,15,17). The summed E-state index contributed by atoms with van der Waals surface area (Å²) in [4.78, 5) is 11.4. The van der Waals surface area contributed by atoms with Crippen LogP contribution in [0.5, 0.6) is 5.75 Å². The van der Waals surface area contributed by atoms with Crippen LogP contribution in [0.15, 0.2) is 24.3 Å². The lowest BCUT2D eigenvalue weighted by molar-refractivity contribution is 0.131. The molecular formula is C14H21NO3. The molecule has 0 saturated heterocycles. The summed E-state index contributed by atoms with van der Waals surface area (Å²) in [6.45, 7) is 7.12. The topological polar surface area (TPSA) is 58.6 Å². The molecule has 2 N–H and O–H groups in total. The molecule has 0 bridgehead atoms. The summed E-state index contributed by atoms with van der Waals surface area (Å²) < 4.78 is 5.06. The molecule has 0 fully saturated rings. The summed E-state index contributed by atoms with van der Waals surface area (Å²) in [6.07, 6.45) is 0.423. The van der Waals surface area contributed by atoms with Crippen molar-refractivity contribution in [1.29, 1.82) is 0 Å². The van der Waals surface area contributed by atoms with E-state index in [0.717, 1.165) is 12.0 Å². The lowest BCUT2D eigenvalue weighted by atomic mass is 9.93. The molecule has 0 saturated carbocycles.